The molecule has 0 unspecified atom stereocenters. The first-order valence-corrected chi connectivity index (χ1v) is 8.69. The largest absolute Gasteiger partial charge is 0.356 e. The summed E-state index contributed by atoms with van der Waals surface area (Å²) in [5, 5.41) is 6.58. The van der Waals surface area contributed by atoms with E-state index in [-0.39, 0.29) is 5.82 Å². The molecule has 136 valence electrons. The third-order valence-electron chi connectivity index (χ3n) is 3.99. The molecule has 0 aliphatic rings. The van der Waals surface area contributed by atoms with E-state index in [2.05, 4.69) is 39.0 Å². The average molecular weight is 345 g/mol. The molecule has 0 aliphatic carbocycles. The van der Waals surface area contributed by atoms with Crippen LogP contribution in [-0.4, -0.2) is 29.1 Å². The Balaban J connectivity index is 1.82. The van der Waals surface area contributed by atoms with E-state index >= 15 is 0 Å². The Morgan fingerprint density at radius 1 is 1.32 bits per heavy atom. The van der Waals surface area contributed by atoms with Gasteiger partial charge in [-0.25, -0.2) is 9.37 Å². The van der Waals surface area contributed by atoms with Crippen molar-refractivity contribution in [2.75, 3.05) is 13.6 Å². The lowest BCUT2D eigenvalue weighted by Gasteiger charge is -2.14. The molecule has 25 heavy (non-hydrogen) atoms. The van der Waals surface area contributed by atoms with Gasteiger partial charge in [0.2, 0.25) is 0 Å². The molecule has 0 bridgehead atoms. The summed E-state index contributed by atoms with van der Waals surface area (Å²) in [4.78, 5) is 8.65. The predicted molar refractivity (Wildman–Crippen MR) is 100 cm³/mol. The summed E-state index contributed by atoms with van der Waals surface area (Å²) < 4.78 is 15.3. The van der Waals surface area contributed by atoms with Gasteiger partial charge >= 0.3 is 0 Å². The Kier molecular flexibility index (Phi) is 6.98. The highest BCUT2D eigenvalue weighted by molar-refractivity contribution is 5.79. The maximum Gasteiger partial charge on any atom is 0.191 e. The number of halogens is 1. The number of hydrogen-bond donors (Lipinski definition) is 2. The number of imidazole rings is 1. The van der Waals surface area contributed by atoms with E-state index in [9.17, 15) is 4.39 Å². The lowest BCUT2D eigenvalue weighted by atomic mass is 10.1. The number of hydrogen-bond acceptors (Lipinski definition) is 2. The number of guanidine groups is 1. The van der Waals surface area contributed by atoms with Crippen LogP contribution in [0.2, 0.25) is 0 Å². The van der Waals surface area contributed by atoms with Gasteiger partial charge in [0, 0.05) is 32.5 Å². The molecule has 0 aliphatic heterocycles. The molecule has 0 fully saturated rings. The van der Waals surface area contributed by atoms with Gasteiger partial charge in [-0.15, -0.1) is 0 Å². The molecule has 2 aromatic rings. The second-order valence-corrected chi connectivity index (χ2v) is 6.56. The Labute approximate surface area is 149 Å². The molecule has 0 spiro atoms. The van der Waals surface area contributed by atoms with Gasteiger partial charge in [-0.05, 0) is 42.5 Å². The first kappa shape index (κ1) is 19.0. The summed E-state index contributed by atoms with van der Waals surface area (Å²) in [5.41, 5.74) is 2.11. The minimum absolute atomic E-state index is 0.191. The molecule has 0 saturated heterocycles. The van der Waals surface area contributed by atoms with Crippen molar-refractivity contribution in [2.45, 2.75) is 40.3 Å². The van der Waals surface area contributed by atoms with Gasteiger partial charge in [-0.3, -0.25) is 4.99 Å². The van der Waals surface area contributed by atoms with Crippen LogP contribution < -0.4 is 10.6 Å². The molecule has 0 radical (unpaired) electrons. The number of aryl methyl sites for hydroxylation is 1. The Hall–Kier alpha value is -2.37. The summed E-state index contributed by atoms with van der Waals surface area (Å²) in [6, 6.07) is 4.91. The van der Waals surface area contributed by atoms with Gasteiger partial charge in [-0.1, -0.05) is 19.9 Å². The first-order valence-electron chi connectivity index (χ1n) is 8.69. The van der Waals surface area contributed by atoms with Crippen molar-refractivity contribution in [3.63, 3.8) is 0 Å². The molecule has 1 heterocycles. The normalized spacial score (nSPS) is 11.8. The minimum atomic E-state index is -0.191. The van der Waals surface area contributed by atoms with E-state index in [1.165, 1.54) is 6.07 Å². The van der Waals surface area contributed by atoms with Crippen LogP contribution in [0.25, 0.3) is 0 Å². The molecule has 0 atom stereocenters. The van der Waals surface area contributed by atoms with Crippen LogP contribution in [0.15, 0.2) is 35.6 Å². The van der Waals surface area contributed by atoms with Crippen LogP contribution in [0, 0.1) is 18.7 Å². The standard InChI is InChI=1S/C19H28FN5/c1-14(2)13-25-10-9-22-18(25)12-24-19(21-4)23-8-7-16-5-6-17(20)11-15(16)3/h5-6,9-11,14H,7-8,12-13H2,1-4H3,(H2,21,23,24). The van der Waals surface area contributed by atoms with Gasteiger partial charge in [0.15, 0.2) is 5.96 Å². The van der Waals surface area contributed by atoms with Crippen LogP contribution in [-0.2, 0) is 19.5 Å². The summed E-state index contributed by atoms with van der Waals surface area (Å²) in [6.07, 6.45) is 4.65. The summed E-state index contributed by atoms with van der Waals surface area (Å²) >= 11 is 0. The van der Waals surface area contributed by atoms with Crippen LogP contribution in [0.4, 0.5) is 4.39 Å². The number of rotatable bonds is 7. The smallest absolute Gasteiger partial charge is 0.191 e. The quantitative estimate of drug-likeness (QED) is 0.599. The van der Waals surface area contributed by atoms with Crippen molar-refractivity contribution in [3.8, 4) is 0 Å². The van der Waals surface area contributed by atoms with Gasteiger partial charge in [0.05, 0.1) is 6.54 Å². The van der Waals surface area contributed by atoms with Gasteiger partial charge < -0.3 is 15.2 Å². The molecule has 5 nitrogen and oxygen atoms in total. The summed E-state index contributed by atoms with van der Waals surface area (Å²) in [6.45, 7) is 8.61. The fourth-order valence-electron chi connectivity index (χ4n) is 2.71. The van der Waals surface area contributed by atoms with Crippen molar-refractivity contribution >= 4 is 5.96 Å². The molecule has 1 aromatic carbocycles. The molecule has 1 aromatic heterocycles. The van der Waals surface area contributed by atoms with Crippen molar-refractivity contribution in [1.29, 1.82) is 0 Å². The molecule has 0 amide bonds. The first-order chi connectivity index (χ1) is 12.0. The number of nitrogens with zero attached hydrogens (tertiary/aromatic N) is 3. The number of aliphatic imine (C=N–C) groups is 1. The van der Waals surface area contributed by atoms with Crippen LogP contribution in [0.3, 0.4) is 0 Å². The van der Waals surface area contributed by atoms with Crippen LogP contribution >= 0.6 is 0 Å². The zero-order valence-corrected chi connectivity index (χ0v) is 15.5. The van der Waals surface area contributed by atoms with E-state index in [0.717, 1.165) is 42.4 Å². The second-order valence-electron chi connectivity index (χ2n) is 6.56. The Morgan fingerprint density at radius 3 is 2.80 bits per heavy atom. The Morgan fingerprint density at radius 2 is 2.12 bits per heavy atom. The SMILES string of the molecule is CN=C(NCCc1ccc(F)cc1C)NCc1nccn1CC(C)C. The van der Waals surface area contributed by atoms with E-state index in [4.69, 9.17) is 0 Å². The molecule has 2 N–H and O–H groups in total. The second kappa shape index (κ2) is 9.20. The summed E-state index contributed by atoms with van der Waals surface area (Å²) in [5.74, 6) is 2.11. The van der Waals surface area contributed by atoms with Gasteiger partial charge in [-0.2, -0.15) is 0 Å². The highest BCUT2D eigenvalue weighted by Crippen LogP contribution is 2.10. The minimum Gasteiger partial charge on any atom is -0.356 e. The lowest BCUT2D eigenvalue weighted by molar-refractivity contribution is 0.503. The maximum atomic E-state index is 13.1. The number of benzene rings is 1. The molecule has 6 heteroatoms. The van der Waals surface area contributed by atoms with Crippen LogP contribution in [0.1, 0.15) is 30.8 Å². The van der Waals surface area contributed by atoms with Crippen molar-refractivity contribution in [3.05, 3.63) is 53.4 Å². The molecule has 0 saturated carbocycles. The lowest BCUT2D eigenvalue weighted by Crippen LogP contribution is -2.38. The van der Waals surface area contributed by atoms with Gasteiger partial charge in [0.1, 0.15) is 11.6 Å². The average Bonchev–Trinajstić information content (AvgIpc) is 2.99. The van der Waals surface area contributed by atoms with E-state index in [1.807, 2.05) is 25.4 Å². The molecular formula is C19H28FN5. The monoisotopic (exact) mass is 345 g/mol. The maximum absolute atomic E-state index is 13.1. The predicted octanol–water partition coefficient (Wildman–Crippen LogP) is 2.89. The van der Waals surface area contributed by atoms with E-state index in [0.29, 0.717) is 12.5 Å². The summed E-state index contributed by atoms with van der Waals surface area (Å²) in [7, 11) is 1.75. The Bertz CT molecular complexity index is 706. The van der Waals surface area contributed by atoms with E-state index < -0.39 is 0 Å². The third-order valence-corrected chi connectivity index (χ3v) is 3.99. The fourth-order valence-corrected chi connectivity index (χ4v) is 2.71. The third kappa shape index (κ3) is 5.89. The number of aromatic nitrogens is 2. The highest BCUT2D eigenvalue weighted by Gasteiger charge is 2.06. The molecular weight excluding hydrogens is 317 g/mol. The van der Waals surface area contributed by atoms with Crippen molar-refractivity contribution < 1.29 is 4.39 Å². The van der Waals surface area contributed by atoms with E-state index in [1.54, 1.807) is 13.1 Å². The zero-order valence-electron chi connectivity index (χ0n) is 15.5. The topological polar surface area (TPSA) is 54.2 Å². The van der Waals surface area contributed by atoms with Gasteiger partial charge in [0.25, 0.3) is 0 Å². The van der Waals surface area contributed by atoms with Crippen molar-refractivity contribution in [1.82, 2.24) is 20.2 Å². The molecule has 2 rings (SSSR count). The highest BCUT2D eigenvalue weighted by atomic mass is 19.1. The van der Waals surface area contributed by atoms with Crippen LogP contribution in [0.5, 0.6) is 0 Å². The zero-order chi connectivity index (χ0) is 18.2. The number of nitrogens with one attached hydrogen (secondary N) is 2. The fraction of sp³-hybridized carbons (Fsp3) is 0.474. The van der Waals surface area contributed by atoms with Crippen molar-refractivity contribution in [2.24, 2.45) is 10.9 Å².